The van der Waals surface area contributed by atoms with Gasteiger partial charge in [0.1, 0.15) is 5.82 Å². The highest BCUT2D eigenvalue weighted by Gasteiger charge is 2.07. The van der Waals surface area contributed by atoms with Gasteiger partial charge in [-0.05, 0) is 38.0 Å². The predicted molar refractivity (Wildman–Crippen MR) is 68.5 cm³/mol. The van der Waals surface area contributed by atoms with E-state index in [0.29, 0.717) is 0 Å². The Morgan fingerprint density at radius 2 is 2.25 bits per heavy atom. The van der Waals surface area contributed by atoms with Crippen molar-refractivity contribution in [3.05, 3.63) is 28.0 Å². The van der Waals surface area contributed by atoms with E-state index in [9.17, 15) is 5.11 Å². The van der Waals surface area contributed by atoms with Gasteiger partial charge >= 0.3 is 0 Å². The molecule has 0 aliphatic carbocycles. The average Bonchev–Trinajstić information content (AvgIpc) is 2.57. The number of benzene rings is 1. The number of H-pyrrole nitrogens is 1. The molecule has 1 atom stereocenters. The van der Waals surface area contributed by atoms with Crippen LogP contribution in [0.3, 0.4) is 0 Å². The molecule has 16 heavy (non-hydrogen) atoms. The number of hydrogen-bond donors (Lipinski definition) is 2. The highest BCUT2D eigenvalue weighted by molar-refractivity contribution is 9.10. The van der Waals surface area contributed by atoms with Crippen LogP contribution in [-0.2, 0) is 6.42 Å². The maximum Gasteiger partial charge on any atom is 0.107 e. The molecule has 4 heteroatoms. The number of aliphatic hydroxyl groups is 1. The standard InChI is InChI=1S/C12H15BrN2O/c1-7-5-9(13)6-10-12(7)15-11(14-10)4-3-8(2)16/h5-6,8,16H,3-4H2,1-2H3,(H,14,15). The fraction of sp³-hybridized carbons (Fsp3) is 0.417. The molecular formula is C12H15BrN2O. The van der Waals surface area contributed by atoms with Crippen LogP contribution in [-0.4, -0.2) is 21.2 Å². The molecule has 1 aromatic heterocycles. The van der Waals surface area contributed by atoms with E-state index in [4.69, 9.17) is 0 Å². The molecule has 0 fully saturated rings. The first-order chi connectivity index (χ1) is 7.56. The summed E-state index contributed by atoms with van der Waals surface area (Å²) < 4.78 is 1.06. The zero-order valence-electron chi connectivity index (χ0n) is 9.42. The summed E-state index contributed by atoms with van der Waals surface area (Å²) in [5.41, 5.74) is 3.22. The number of nitrogens with zero attached hydrogens (tertiary/aromatic N) is 1. The van der Waals surface area contributed by atoms with Crippen molar-refractivity contribution in [2.75, 3.05) is 0 Å². The Morgan fingerprint density at radius 3 is 2.94 bits per heavy atom. The van der Waals surface area contributed by atoms with Gasteiger partial charge in [0.15, 0.2) is 0 Å². The van der Waals surface area contributed by atoms with Crippen molar-refractivity contribution in [3.8, 4) is 0 Å². The Labute approximate surface area is 103 Å². The van der Waals surface area contributed by atoms with Crippen molar-refractivity contribution in [2.45, 2.75) is 32.8 Å². The van der Waals surface area contributed by atoms with E-state index in [1.54, 1.807) is 6.92 Å². The second-order valence-corrected chi connectivity index (χ2v) is 5.11. The number of halogens is 1. The second kappa shape index (κ2) is 4.55. The maximum atomic E-state index is 9.24. The van der Waals surface area contributed by atoms with Gasteiger partial charge < -0.3 is 10.1 Å². The number of imidazole rings is 1. The molecule has 1 aromatic carbocycles. The lowest BCUT2D eigenvalue weighted by Crippen LogP contribution is -2.02. The summed E-state index contributed by atoms with van der Waals surface area (Å²) in [6, 6.07) is 4.09. The second-order valence-electron chi connectivity index (χ2n) is 4.19. The Kier molecular flexibility index (Phi) is 3.30. The summed E-state index contributed by atoms with van der Waals surface area (Å²) in [6.45, 7) is 3.84. The number of rotatable bonds is 3. The van der Waals surface area contributed by atoms with Crippen LogP contribution in [0.25, 0.3) is 11.0 Å². The van der Waals surface area contributed by atoms with Gasteiger partial charge in [0.25, 0.3) is 0 Å². The normalized spacial score (nSPS) is 13.2. The largest absolute Gasteiger partial charge is 0.393 e. The van der Waals surface area contributed by atoms with Crippen LogP contribution in [0.5, 0.6) is 0 Å². The number of aliphatic hydroxyl groups excluding tert-OH is 1. The topological polar surface area (TPSA) is 48.9 Å². The van der Waals surface area contributed by atoms with Gasteiger partial charge in [0.2, 0.25) is 0 Å². The first kappa shape index (κ1) is 11.6. The van der Waals surface area contributed by atoms with E-state index in [-0.39, 0.29) is 6.10 Å². The third-order valence-electron chi connectivity index (χ3n) is 2.59. The Hall–Kier alpha value is -0.870. The summed E-state index contributed by atoms with van der Waals surface area (Å²) in [6.07, 6.45) is 1.24. The molecule has 0 saturated carbocycles. The Bertz CT molecular complexity index is 505. The number of aromatic nitrogens is 2. The van der Waals surface area contributed by atoms with E-state index in [2.05, 4.69) is 32.0 Å². The van der Waals surface area contributed by atoms with Crippen molar-refractivity contribution < 1.29 is 5.11 Å². The molecule has 0 bridgehead atoms. The maximum absolute atomic E-state index is 9.24. The van der Waals surface area contributed by atoms with Crippen molar-refractivity contribution in [1.82, 2.24) is 9.97 Å². The first-order valence-corrected chi connectivity index (χ1v) is 6.18. The van der Waals surface area contributed by atoms with Gasteiger partial charge in [-0.3, -0.25) is 0 Å². The van der Waals surface area contributed by atoms with E-state index in [0.717, 1.165) is 39.7 Å². The SMILES string of the molecule is Cc1cc(Br)cc2[nH]c(CCC(C)O)nc12. The summed E-state index contributed by atoms with van der Waals surface area (Å²) in [5, 5.41) is 9.24. The van der Waals surface area contributed by atoms with Crippen molar-refractivity contribution in [3.63, 3.8) is 0 Å². The van der Waals surface area contributed by atoms with E-state index < -0.39 is 0 Å². The van der Waals surface area contributed by atoms with E-state index >= 15 is 0 Å². The molecule has 0 aliphatic heterocycles. The Morgan fingerprint density at radius 1 is 1.50 bits per heavy atom. The molecule has 0 radical (unpaired) electrons. The lowest BCUT2D eigenvalue weighted by molar-refractivity contribution is 0.184. The van der Waals surface area contributed by atoms with Crippen molar-refractivity contribution >= 4 is 27.0 Å². The van der Waals surface area contributed by atoms with Crippen molar-refractivity contribution in [2.24, 2.45) is 0 Å². The molecule has 1 unspecified atom stereocenters. The summed E-state index contributed by atoms with van der Waals surface area (Å²) in [5.74, 6) is 0.942. The highest BCUT2D eigenvalue weighted by atomic mass is 79.9. The fourth-order valence-electron chi connectivity index (χ4n) is 1.76. The molecule has 2 N–H and O–H groups in total. The van der Waals surface area contributed by atoms with Gasteiger partial charge in [0, 0.05) is 10.9 Å². The van der Waals surface area contributed by atoms with Crippen LogP contribution in [0.1, 0.15) is 24.7 Å². The molecule has 86 valence electrons. The number of hydrogen-bond acceptors (Lipinski definition) is 2. The van der Waals surface area contributed by atoms with Crippen LogP contribution < -0.4 is 0 Å². The summed E-state index contributed by atoms with van der Waals surface area (Å²) in [7, 11) is 0. The molecule has 3 nitrogen and oxygen atoms in total. The number of aryl methyl sites for hydroxylation is 2. The predicted octanol–water partition coefficient (Wildman–Crippen LogP) is 2.95. The monoisotopic (exact) mass is 282 g/mol. The minimum absolute atomic E-state index is 0.277. The molecule has 0 aliphatic rings. The quantitative estimate of drug-likeness (QED) is 0.909. The molecule has 0 saturated heterocycles. The van der Waals surface area contributed by atoms with Gasteiger partial charge in [-0.2, -0.15) is 0 Å². The molecule has 2 rings (SSSR count). The fourth-order valence-corrected chi connectivity index (χ4v) is 2.33. The summed E-state index contributed by atoms with van der Waals surface area (Å²) >= 11 is 3.47. The third-order valence-corrected chi connectivity index (χ3v) is 3.05. The minimum atomic E-state index is -0.277. The lowest BCUT2D eigenvalue weighted by atomic mass is 10.2. The number of aromatic amines is 1. The van der Waals surface area contributed by atoms with E-state index in [1.807, 2.05) is 13.0 Å². The van der Waals surface area contributed by atoms with E-state index in [1.165, 1.54) is 0 Å². The Balaban J connectivity index is 2.33. The smallest absolute Gasteiger partial charge is 0.107 e. The van der Waals surface area contributed by atoms with Crippen LogP contribution in [0.15, 0.2) is 16.6 Å². The molecular weight excluding hydrogens is 268 g/mol. The van der Waals surface area contributed by atoms with Crippen LogP contribution in [0, 0.1) is 6.92 Å². The van der Waals surface area contributed by atoms with Gasteiger partial charge in [-0.1, -0.05) is 15.9 Å². The average molecular weight is 283 g/mol. The third kappa shape index (κ3) is 2.44. The van der Waals surface area contributed by atoms with Crippen LogP contribution in [0.2, 0.25) is 0 Å². The molecule has 0 spiro atoms. The summed E-state index contributed by atoms with van der Waals surface area (Å²) in [4.78, 5) is 7.82. The minimum Gasteiger partial charge on any atom is -0.393 e. The molecule has 0 amide bonds. The number of fused-ring (bicyclic) bond motifs is 1. The zero-order valence-corrected chi connectivity index (χ0v) is 11.0. The van der Waals surface area contributed by atoms with Crippen molar-refractivity contribution in [1.29, 1.82) is 0 Å². The van der Waals surface area contributed by atoms with Gasteiger partial charge in [-0.15, -0.1) is 0 Å². The highest BCUT2D eigenvalue weighted by Crippen LogP contribution is 2.22. The van der Waals surface area contributed by atoms with Crippen LogP contribution in [0.4, 0.5) is 0 Å². The molecule has 1 heterocycles. The zero-order chi connectivity index (χ0) is 11.7. The lowest BCUT2D eigenvalue weighted by Gasteiger charge is -1.99. The van der Waals surface area contributed by atoms with Gasteiger partial charge in [-0.25, -0.2) is 4.98 Å². The van der Waals surface area contributed by atoms with Crippen LogP contribution >= 0.6 is 15.9 Å². The molecule has 2 aromatic rings. The van der Waals surface area contributed by atoms with Gasteiger partial charge in [0.05, 0.1) is 17.1 Å². The number of nitrogens with one attached hydrogen (secondary N) is 1. The first-order valence-electron chi connectivity index (χ1n) is 5.39.